The predicted molar refractivity (Wildman–Crippen MR) is 63.2 cm³/mol. The predicted octanol–water partition coefficient (Wildman–Crippen LogP) is 0.922. The van der Waals surface area contributed by atoms with Gasteiger partial charge in [0.05, 0.1) is 12.0 Å². The number of hydrogen-bond donors (Lipinski definition) is 2. The molecule has 18 heavy (non-hydrogen) atoms. The first-order chi connectivity index (χ1) is 8.36. The van der Waals surface area contributed by atoms with Crippen LogP contribution in [0.3, 0.4) is 0 Å². The molecule has 0 heterocycles. The summed E-state index contributed by atoms with van der Waals surface area (Å²) in [7, 11) is 1.09. The lowest BCUT2D eigenvalue weighted by atomic mass is 10.1. The third-order valence-electron chi connectivity index (χ3n) is 2.05. The average Bonchev–Trinajstić information content (AvgIpc) is 2.25. The molecule has 96 valence electrons. The summed E-state index contributed by atoms with van der Waals surface area (Å²) >= 11 is 0. The molecule has 0 aliphatic carbocycles. The van der Waals surface area contributed by atoms with Crippen LogP contribution in [0.1, 0.15) is 17.3 Å². The second kappa shape index (κ2) is 5.13. The molecule has 0 bridgehead atoms. The van der Waals surface area contributed by atoms with Gasteiger partial charge < -0.3 is 15.8 Å². The minimum atomic E-state index is -0.902. The van der Waals surface area contributed by atoms with Crippen LogP contribution in [0.25, 0.3) is 0 Å². The highest BCUT2D eigenvalue weighted by Gasteiger charge is 2.25. The summed E-state index contributed by atoms with van der Waals surface area (Å²) in [6.45, 7) is 1.26. The Hall–Kier alpha value is -2.64. The number of nitro benzene ring substituents is 1. The fourth-order valence-electron chi connectivity index (χ4n) is 1.40. The van der Waals surface area contributed by atoms with Crippen LogP contribution in [0.5, 0.6) is 0 Å². The fourth-order valence-corrected chi connectivity index (χ4v) is 1.40. The van der Waals surface area contributed by atoms with Crippen molar-refractivity contribution in [1.29, 1.82) is 0 Å². The van der Waals surface area contributed by atoms with Crippen molar-refractivity contribution in [3.63, 3.8) is 0 Å². The Balaban J connectivity index is 3.41. The van der Waals surface area contributed by atoms with Gasteiger partial charge in [0.2, 0.25) is 5.91 Å². The molecule has 1 aromatic carbocycles. The van der Waals surface area contributed by atoms with Gasteiger partial charge in [0.25, 0.3) is 0 Å². The maximum absolute atomic E-state index is 11.4. The van der Waals surface area contributed by atoms with Crippen LogP contribution in [0.15, 0.2) is 12.1 Å². The van der Waals surface area contributed by atoms with E-state index >= 15 is 0 Å². The first kappa shape index (κ1) is 13.4. The van der Waals surface area contributed by atoms with Crippen LogP contribution in [0, 0.1) is 10.1 Å². The van der Waals surface area contributed by atoms with Crippen LogP contribution in [0.4, 0.5) is 17.1 Å². The SMILES string of the molecule is COC(=O)c1cc(NC(C)=O)cc(N)c1[N+](=O)[O-]. The number of nitro groups is 1. The molecule has 0 aromatic heterocycles. The number of benzene rings is 1. The smallest absolute Gasteiger partial charge is 0.345 e. The molecule has 3 N–H and O–H groups in total. The Morgan fingerprint density at radius 3 is 2.50 bits per heavy atom. The molecule has 0 spiro atoms. The van der Waals surface area contributed by atoms with E-state index in [1.165, 1.54) is 13.0 Å². The van der Waals surface area contributed by atoms with E-state index in [4.69, 9.17) is 5.73 Å². The minimum Gasteiger partial charge on any atom is -0.465 e. The monoisotopic (exact) mass is 253 g/mol. The fraction of sp³-hybridized carbons (Fsp3) is 0.200. The molecular formula is C10H11N3O5. The number of carbonyl (C=O) groups is 2. The van der Waals surface area contributed by atoms with Crippen molar-refractivity contribution < 1.29 is 19.2 Å². The van der Waals surface area contributed by atoms with Gasteiger partial charge >= 0.3 is 11.7 Å². The number of nitrogens with zero attached hydrogens (tertiary/aromatic N) is 1. The number of ether oxygens (including phenoxy) is 1. The molecule has 0 unspecified atom stereocenters. The Morgan fingerprint density at radius 1 is 1.44 bits per heavy atom. The summed E-state index contributed by atoms with van der Waals surface area (Å²) in [5, 5.41) is 13.2. The van der Waals surface area contributed by atoms with E-state index in [9.17, 15) is 19.7 Å². The Labute approximate surface area is 102 Å². The topological polar surface area (TPSA) is 125 Å². The third kappa shape index (κ3) is 2.73. The molecule has 0 aliphatic heterocycles. The number of rotatable bonds is 3. The maximum Gasteiger partial charge on any atom is 0.345 e. The van der Waals surface area contributed by atoms with Crippen LogP contribution in [-0.2, 0) is 9.53 Å². The van der Waals surface area contributed by atoms with E-state index in [1.807, 2.05) is 0 Å². The van der Waals surface area contributed by atoms with Gasteiger partial charge in [-0.3, -0.25) is 14.9 Å². The van der Waals surface area contributed by atoms with Gasteiger partial charge in [0.1, 0.15) is 11.3 Å². The van der Waals surface area contributed by atoms with E-state index in [0.29, 0.717) is 0 Å². The zero-order valence-electron chi connectivity index (χ0n) is 9.72. The minimum absolute atomic E-state index is 0.186. The number of amides is 1. The van der Waals surface area contributed by atoms with Crippen molar-refractivity contribution >= 4 is 28.9 Å². The summed E-state index contributed by atoms with van der Waals surface area (Å²) in [4.78, 5) is 32.4. The molecule has 8 nitrogen and oxygen atoms in total. The Morgan fingerprint density at radius 2 is 2.06 bits per heavy atom. The van der Waals surface area contributed by atoms with Gasteiger partial charge in [-0.05, 0) is 12.1 Å². The molecule has 1 amide bonds. The normalized spacial score (nSPS) is 9.67. The highest BCUT2D eigenvalue weighted by Crippen LogP contribution is 2.30. The largest absolute Gasteiger partial charge is 0.465 e. The van der Waals surface area contributed by atoms with Crippen LogP contribution >= 0.6 is 0 Å². The van der Waals surface area contributed by atoms with Crippen molar-refractivity contribution in [2.45, 2.75) is 6.92 Å². The number of methoxy groups -OCH3 is 1. The molecule has 0 aliphatic rings. The van der Waals surface area contributed by atoms with E-state index < -0.39 is 16.6 Å². The van der Waals surface area contributed by atoms with Gasteiger partial charge in [0.15, 0.2) is 0 Å². The average molecular weight is 253 g/mol. The van der Waals surface area contributed by atoms with E-state index in [1.54, 1.807) is 0 Å². The van der Waals surface area contributed by atoms with Gasteiger partial charge in [-0.1, -0.05) is 0 Å². The zero-order chi connectivity index (χ0) is 13.9. The molecule has 0 fully saturated rings. The molecule has 1 aromatic rings. The molecule has 8 heteroatoms. The lowest BCUT2D eigenvalue weighted by Gasteiger charge is -2.08. The molecule has 0 saturated heterocycles. The number of nitrogens with two attached hydrogens (primary N) is 1. The second-order valence-electron chi connectivity index (χ2n) is 3.39. The van der Waals surface area contributed by atoms with Crippen molar-refractivity contribution in [3.05, 3.63) is 27.8 Å². The summed E-state index contributed by atoms with van der Waals surface area (Å²) in [6.07, 6.45) is 0. The number of anilines is 2. The number of hydrogen-bond acceptors (Lipinski definition) is 6. The van der Waals surface area contributed by atoms with Crippen molar-refractivity contribution in [2.75, 3.05) is 18.2 Å². The van der Waals surface area contributed by atoms with Crippen molar-refractivity contribution in [3.8, 4) is 0 Å². The van der Waals surface area contributed by atoms with Gasteiger partial charge in [-0.15, -0.1) is 0 Å². The Bertz CT molecular complexity index is 526. The molecule has 1 rings (SSSR count). The molecule has 0 saturated carbocycles. The van der Waals surface area contributed by atoms with Crippen molar-refractivity contribution in [2.24, 2.45) is 0 Å². The number of nitrogen functional groups attached to an aromatic ring is 1. The van der Waals surface area contributed by atoms with Gasteiger partial charge in [-0.2, -0.15) is 0 Å². The van der Waals surface area contributed by atoms with Gasteiger partial charge in [-0.25, -0.2) is 4.79 Å². The number of carbonyl (C=O) groups excluding carboxylic acids is 2. The summed E-state index contributed by atoms with van der Waals surface area (Å²) < 4.78 is 4.43. The van der Waals surface area contributed by atoms with Crippen LogP contribution in [0.2, 0.25) is 0 Å². The highest BCUT2D eigenvalue weighted by atomic mass is 16.6. The molecular weight excluding hydrogens is 242 g/mol. The standard InChI is InChI=1S/C10H11N3O5/c1-5(14)12-6-3-7(10(15)18-2)9(13(16)17)8(11)4-6/h3-4H,11H2,1-2H3,(H,12,14). The van der Waals surface area contributed by atoms with Crippen LogP contribution in [-0.4, -0.2) is 23.9 Å². The summed E-state index contributed by atoms with van der Waals surface area (Å²) in [5.41, 5.74) is 4.59. The van der Waals surface area contributed by atoms with Crippen LogP contribution < -0.4 is 11.1 Å². The number of esters is 1. The second-order valence-corrected chi connectivity index (χ2v) is 3.39. The number of nitrogens with one attached hydrogen (secondary N) is 1. The maximum atomic E-state index is 11.4. The first-order valence-corrected chi connectivity index (χ1v) is 4.80. The summed E-state index contributed by atoms with van der Waals surface area (Å²) in [6, 6.07) is 2.34. The summed E-state index contributed by atoms with van der Waals surface area (Å²) in [5.74, 6) is -1.29. The van der Waals surface area contributed by atoms with E-state index in [2.05, 4.69) is 10.1 Å². The molecule has 0 atom stereocenters. The Kier molecular flexibility index (Phi) is 3.82. The first-order valence-electron chi connectivity index (χ1n) is 4.80. The lowest BCUT2D eigenvalue weighted by molar-refractivity contribution is -0.384. The lowest BCUT2D eigenvalue weighted by Crippen LogP contribution is -2.11. The highest BCUT2D eigenvalue weighted by molar-refractivity contribution is 5.99. The third-order valence-corrected chi connectivity index (χ3v) is 2.05. The zero-order valence-corrected chi connectivity index (χ0v) is 9.72. The van der Waals surface area contributed by atoms with Gasteiger partial charge in [0, 0.05) is 12.6 Å². The van der Waals surface area contributed by atoms with E-state index in [-0.39, 0.29) is 22.8 Å². The van der Waals surface area contributed by atoms with Crippen molar-refractivity contribution in [1.82, 2.24) is 0 Å². The quantitative estimate of drug-likeness (QED) is 0.357. The molecule has 0 radical (unpaired) electrons. The van der Waals surface area contributed by atoms with E-state index in [0.717, 1.165) is 13.2 Å².